The van der Waals surface area contributed by atoms with Gasteiger partial charge in [-0.1, -0.05) is 36.4 Å². The van der Waals surface area contributed by atoms with Crippen molar-refractivity contribution in [3.8, 4) is 0 Å². The smallest absolute Gasteiger partial charge is 0.123 e. The van der Waals surface area contributed by atoms with Crippen LogP contribution in [0, 0.1) is 11.6 Å². The third kappa shape index (κ3) is 5.60. The molecule has 1 fully saturated rings. The van der Waals surface area contributed by atoms with Crippen molar-refractivity contribution in [2.75, 3.05) is 32.8 Å². The molecule has 0 amide bonds. The lowest BCUT2D eigenvalue weighted by Crippen LogP contribution is -2.46. The summed E-state index contributed by atoms with van der Waals surface area (Å²) in [4.78, 5) is 2.52. The van der Waals surface area contributed by atoms with Gasteiger partial charge in [0.1, 0.15) is 11.6 Å². The Morgan fingerprint density at radius 1 is 1.00 bits per heavy atom. The van der Waals surface area contributed by atoms with E-state index in [1.54, 1.807) is 24.3 Å². The summed E-state index contributed by atoms with van der Waals surface area (Å²) in [6.07, 6.45) is 7.42. The average Bonchev–Trinajstić information content (AvgIpc) is 3.12. The third-order valence-corrected chi connectivity index (χ3v) is 6.92. The monoisotopic (exact) mass is 452 g/mol. The van der Waals surface area contributed by atoms with Gasteiger partial charge in [-0.3, -0.25) is 0 Å². The number of allylic oxidation sites excluding steroid dienone is 1. The van der Waals surface area contributed by atoms with E-state index >= 15 is 0 Å². The maximum Gasteiger partial charge on any atom is 0.123 e. The minimum absolute atomic E-state index is 0.0956. The van der Waals surface area contributed by atoms with Crippen LogP contribution in [0.4, 0.5) is 8.78 Å². The van der Waals surface area contributed by atoms with Gasteiger partial charge >= 0.3 is 0 Å². The molecule has 1 saturated heterocycles. The fraction of sp³-hybridized carbons (Fsp3) is 0.429. The highest BCUT2D eigenvalue weighted by Gasteiger charge is 2.42. The van der Waals surface area contributed by atoms with Gasteiger partial charge < -0.3 is 15.0 Å². The quantitative estimate of drug-likeness (QED) is 0.513. The highest BCUT2D eigenvalue weighted by atomic mass is 19.1. The Morgan fingerprint density at radius 3 is 2.12 bits per heavy atom. The summed E-state index contributed by atoms with van der Waals surface area (Å²) in [5, 5.41) is 3.60. The van der Waals surface area contributed by atoms with E-state index in [1.165, 1.54) is 35.4 Å². The Labute approximate surface area is 196 Å². The number of rotatable bonds is 8. The van der Waals surface area contributed by atoms with Crippen molar-refractivity contribution in [1.82, 2.24) is 10.2 Å². The number of ether oxygens (including phenoxy) is 1. The molecule has 0 unspecified atom stereocenters. The van der Waals surface area contributed by atoms with E-state index in [0.29, 0.717) is 0 Å². The summed E-state index contributed by atoms with van der Waals surface area (Å²) in [6.45, 7) is 8.91. The normalized spacial score (nSPS) is 18.8. The zero-order chi connectivity index (χ0) is 23.3. The summed E-state index contributed by atoms with van der Waals surface area (Å²) in [7, 11) is 0. The Morgan fingerprint density at radius 2 is 1.58 bits per heavy atom. The highest BCUT2D eigenvalue weighted by Crippen LogP contribution is 2.40. The van der Waals surface area contributed by atoms with Crippen LogP contribution in [0.3, 0.4) is 0 Å². The topological polar surface area (TPSA) is 24.5 Å². The number of hydrogen-bond acceptors (Lipinski definition) is 3. The Bertz CT molecular complexity index is 928. The first-order valence-electron chi connectivity index (χ1n) is 11.9. The van der Waals surface area contributed by atoms with Crippen molar-refractivity contribution in [3.05, 3.63) is 94.6 Å². The molecule has 2 aromatic carbocycles. The Kier molecular flexibility index (Phi) is 7.74. The number of hydrogen-bond donors (Lipinski definition) is 1. The molecule has 2 aliphatic heterocycles. The lowest BCUT2D eigenvalue weighted by molar-refractivity contribution is -0.0289. The molecule has 4 rings (SSSR count). The van der Waals surface area contributed by atoms with E-state index in [9.17, 15) is 8.78 Å². The first-order chi connectivity index (χ1) is 16.0. The van der Waals surface area contributed by atoms with Crippen LogP contribution in [-0.4, -0.2) is 43.3 Å². The number of piperidine rings is 1. The molecule has 0 radical (unpaired) electrons. The fourth-order valence-electron chi connectivity index (χ4n) is 5.09. The fourth-order valence-corrected chi connectivity index (χ4v) is 5.09. The van der Waals surface area contributed by atoms with Gasteiger partial charge in [-0.15, -0.1) is 0 Å². The summed E-state index contributed by atoms with van der Waals surface area (Å²) in [5.74, 6) is -0.512. The lowest BCUT2D eigenvalue weighted by atomic mass is 9.83. The van der Waals surface area contributed by atoms with Gasteiger partial charge in [0.2, 0.25) is 0 Å². The van der Waals surface area contributed by atoms with Crippen LogP contribution in [-0.2, 0) is 4.74 Å². The van der Waals surface area contributed by atoms with Gasteiger partial charge in [-0.25, -0.2) is 8.78 Å². The minimum Gasteiger partial charge on any atom is -0.366 e. The zero-order valence-electron chi connectivity index (χ0n) is 19.6. The first kappa shape index (κ1) is 23.8. The Hall–Kier alpha value is -2.34. The van der Waals surface area contributed by atoms with Gasteiger partial charge in [0, 0.05) is 13.1 Å². The van der Waals surface area contributed by atoms with Crippen molar-refractivity contribution in [3.63, 3.8) is 0 Å². The van der Waals surface area contributed by atoms with Crippen LogP contribution in [0.2, 0.25) is 0 Å². The molecule has 3 nitrogen and oxygen atoms in total. The number of nitrogens with zero attached hydrogens (tertiary/aromatic N) is 1. The maximum atomic E-state index is 13.4. The molecule has 2 aromatic rings. The van der Waals surface area contributed by atoms with Crippen LogP contribution < -0.4 is 5.32 Å². The molecule has 5 heteroatoms. The van der Waals surface area contributed by atoms with E-state index in [-0.39, 0.29) is 23.3 Å². The van der Waals surface area contributed by atoms with Crippen LogP contribution in [0.5, 0.6) is 0 Å². The van der Waals surface area contributed by atoms with Crippen molar-refractivity contribution in [1.29, 1.82) is 0 Å². The summed E-state index contributed by atoms with van der Waals surface area (Å²) >= 11 is 0. The molecule has 2 aliphatic rings. The summed E-state index contributed by atoms with van der Waals surface area (Å²) < 4.78 is 33.1. The van der Waals surface area contributed by atoms with Crippen molar-refractivity contribution >= 4 is 0 Å². The molecule has 33 heavy (non-hydrogen) atoms. The molecule has 0 saturated carbocycles. The molecule has 1 N–H and O–H groups in total. The molecule has 0 bridgehead atoms. The second kappa shape index (κ2) is 10.7. The van der Waals surface area contributed by atoms with Crippen LogP contribution >= 0.6 is 0 Å². The minimum atomic E-state index is -0.256. The van der Waals surface area contributed by atoms with E-state index in [0.717, 1.165) is 63.2 Å². The summed E-state index contributed by atoms with van der Waals surface area (Å²) in [5.41, 5.74) is 4.59. The van der Waals surface area contributed by atoms with E-state index in [1.807, 2.05) is 0 Å². The van der Waals surface area contributed by atoms with Gasteiger partial charge in [-0.05, 0) is 92.7 Å². The van der Waals surface area contributed by atoms with Gasteiger partial charge in [0.25, 0.3) is 0 Å². The van der Waals surface area contributed by atoms with Crippen molar-refractivity contribution in [2.24, 2.45) is 0 Å². The SMILES string of the molecule is C/C=C\C1=C(C)COC12CCN(CCCNC(c1ccc(F)cc1)c1ccc(F)cc1)CC2. The standard InChI is InChI=1S/C28H34F2N2O/c1-3-5-26-21(2)20-33-28(26)14-18-32(19-15-28)17-4-16-31-27(22-6-10-24(29)11-7-22)23-8-12-25(30)13-9-23/h3,5-13,27,31H,4,14-20H2,1-2H3/b5-3-. The van der Waals surface area contributed by atoms with Crippen LogP contribution in [0.1, 0.15) is 50.3 Å². The number of likely N-dealkylation sites (tertiary alicyclic amines) is 1. The van der Waals surface area contributed by atoms with E-state index in [2.05, 4.69) is 36.2 Å². The average molecular weight is 453 g/mol. The van der Waals surface area contributed by atoms with Crippen molar-refractivity contribution in [2.45, 2.75) is 44.8 Å². The van der Waals surface area contributed by atoms with E-state index < -0.39 is 0 Å². The maximum absolute atomic E-state index is 13.4. The zero-order valence-corrected chi connectivity index (χ0v) is 19.6. The third-order valence-electron chi connectivity index (χ3n) is 6.92. The molecule has 0 aromatic heterocycles. The van der Waals surface area contributed by atoms with Crippen molar-refractivity contribution < 1.29 is 13.5 Å². The molecule has 176 valence electrons. The number of benzene rings is 2. The van der Waals surface area contributed by atoms with Gasteiger partial charge in [0.15, 0.2) is 0 Å². The van der Waals surface area contributed by atoms with Crippen LogP contribution in [0.15, 0.2) is 71.8 Å². The van der Waals surface area contributed by atoms with E-state index in [4.69, 9.17) is 4.74 Å². The van der Waals surface area contributed by atoms with Crippen LogP contribution in [0.25, 0.3) is 0 Å². The lowest BCUT2D eigenvalue weighted by Gasteiger charge is -2.40. The molecular weight excluding hydrogens is 418 g/mol. The number of nitrogens with one attached hydrogen (secondary N) is 1. The molecule has 0 aliphatic carbocycles. The summed E-state index contributed by atoms with van der Waals surface area (Å²) in [6, 6.07) is 13.0. The number of halogens is 2. The van der Waals surface area contributed by atoms with Gasteiger partial charge in [-0.2, -0.15) is 0 Å². The largest absolute Gasteiger partial charge is 0.366 e. The predicted molar refractivity (Wildman–Crippen MR) is 129 cm³/mol. The first-order valence-corrected chi connectivity index (χ1v) is 11.9. The second-order valence-corrected chi connectivity index (χ2v) is 9.16. The molecule has 2 heterocycles. The molecule has 1 spiro atoms. The van der Waals surface area contributed by atoms with Gasteiger partial charge in [0.05, 0.1) is 18.2 Å². The molecule has 0 atom stereocenters. The Balaban J connectivity index is 1.31. The molecular formula is C28H34F2N2O. The highest BCUT2D eigenvalue weighted by molar-refractivity contribution is 5.38. The predicted octanol–water partition coefficient (Wildman–Crippen LogP) is 5.79. The second-order valence-electron chi connectivity index (χ2n) is 9.16.